The fourth-order valence-corrected chi connectivity index (χ4v) is 5.83. The quantitative estimate of drug-likeness (QED) is 0.0422. The van der Waals surface area contributed by atoms with E-state index in [1.165, 1.54) is 141 Å². The van der Waals surface area contributed by atoms with Crippen LogP contribution in [0.3, 0.4) is 0 Å². The van der Waals surface area contributed by atoms with Crippen molar-refractivity contribution in [3.8, 4) is 0 Å². The van der Waals surface area contributed by atoms with Gasteiger partial charge in [0.05, 0.1) is 34.4 Å². The summed E-state index contributed by atoms with van der Waals surface area (Å²) in [6, 6.07) is 0. The van der Waals surface area contributed by atoms with E-state index in [9.17, 15) is 14.6 Å². The molecule has 42 heavy (non-hydrogen) atoms. The van der Waals surface area contributed by atoms with Gasteiger partial charge in [-0.15, -0.1) is 0 Å². The van der Waals surface area contributed by atoms with Gasteiger partial charge in [-0.3, -0.25) is 9.05 Å². The number of hydrogen-bond acceptors (Lipinski definition) is 5. The minimum atomic E-state index is -4.14. The molecular formula is C34H73NO6P+. The topological polar surface area (TPSA) is 85.2 Å². The normalized spacial score (nSPS) is 14.3. The Bertz CT molecular complexity index is 601. The van der Waals surface area contributed by atoms with E-state index in [-0.39, 0.29) is 19.8 Å². The second-order valence-electron chi connectivity index (χ2n) is 13.5. The molecule has 0 spiro atoms. The summed E-state index contributed by atoms with van der Waals surface area (Å²) in [5, 5.41) is 9.91. The minimum Gasteiger partial charge on any atom is -0.388 e. The summed E-state index contributed by atoms with van der Waals surface area (Å²) in [5.74, 6) is 0. The van der Waals surface area contributed by atoms with Crippen molar-refractivity contribution in [3.05, 3.63) is 0 Å². The average Bonchev–Trinajstić information content (AvgIpc) is 2.93. The van der Waals surface area contributed by atoms with Gasteiger partial charge in [-0.05, 0) is 6.42 Å². The van der Waals surface area contributed by atoms with Crippen molar-refractivity contribution in [2.75, 3.05) is 54.1 Å². The summed E-state index contributed by atoms with van der Waals surface area (Å²) in [6.45, 7) is 3.39. The van der Waals surface area contributed by atoms with Crippen molar-refractivity contribution in [2.45, 2.75) is 167 Å². The number of likely N-dealkylation sites (N-methyl/N-ethyl adjacent to an activating group) is 1. The highest BCUT2D eigenvalue weighted by atomic mass is 31.2. The van der Waals surface area contributed by atoms with Gasteiger partial charge in [0, 0.05) is 6.61 Å². The Morgan fingerprint density at radius 2 is 0.905 bits per heavy atom. The maximum absolute atomic E-state index is 11.9. The Labute approximate surface area is 261 Å². The van der Waals surface area contributed by atoms with Crippen LogP contribution in [0.15, 0.2) is 0 Å². The second-order valence-corrected chi connectivity index (χ2v) is 14.9. The zero-order valence-corrected chi connectivity index (χ0v) is 29.4. The van der Waals surface area contributed by atoms with Gasteiger partial charge in [-0.25, -0.2) is 4.57 Å². The molecule has 0 amide bonds. The van der Waals surface area contributed by atoms with Crippen LogP contribution < -0.4 is 0 Å². The lowest BCUT2D eigenvalue weighted by molar-refractivity contribution is -0.870. The van der Waals surface area contributed by atoms with Gasteiger partial charge in [0.25, 0.3) is 0 Å². The molecule has 0 bridgehead atoms. The van der Waals surface area contributed by atoms with Crippen molar-refractivity contribution >= 4 is 7.82 Å². The molecule has 8 heteroatoms. The molecule has 0 aliphatic heterocycles. The van der Waals surface area contributed by atoms with E-state index in [0.717, 1.165) is 12.8 Å². The first-order chi connectivity index (χ1) is 20.2. The molecule has 2 N–H and O–H groups in total. The molecule has 0 radical (unpaired) electrons. The first-order valence-electron chi connectivity index (χ1n) is 17.8. The zero-order valence-electron chi connectivity index (χ0n) is 28.5. The molecule has 254 valence electrons. The molecule has 0 fully saturated rings. The third-order valence-corrected chi connectivity index (χ3v) is 8.88. The van der Waals surface area contributed by atoms with Gasteiger partial charge in [-0.2, -0.15) is 0 Å². The average molecular weight is 623 g/mol. The Hall–Kier alpha value is -0.0100. The van der Waals surface area contributed by atoms with Crippen LogP contribution in [0.1, 0.15) is 161 Å². The summed E-state index contributed by atoms with van der Waals surface area (Å²) < 4.78 is 27.8. The standard InChI is InChI=1S/C34H72NO6P/c1-5-6-7-8-9-10-11-12-13-14-15-16-17-18-19-20-21-22-23-24-25-26-27-28-30-39-32-34(36)33-41-42(37,38)40-31-29-35(2,3)4/h34,36H,5-33H2,1-4H3/p+1/t34-/m1/s1. The molecule has 0 rings (SSSR count). The molecule has 0 saturated heterocycles. The molecule has 0 aliphatic rings. The highest BCUT2D eigenvalue weighted by Gasteiger charge is 2.24. The first kappa shape index (κ1) is 42.0. The second kappa shape index (κ2) is 29.7. The number of unbranched alkanes of at least 4 members (excludes halogenated alkanes) is 23. The van der Waals surface area contributed by atoms with Crippen LogP contribution >= 0.6 is 7.82 Å². The van der Waals surface area contributed by atoms with Gasteiger partial charge in [0.1, 0.15) is 19.3 Å². The lowest BCUT2D eigenvalue weighted by Gasteiger charge is -2.24. The zero-order chi connectivity index (χ0) is 31.2. The number of quaternary nitrogens is 1. The molecule has 1 unspecified atom stereocenters. The Kier molecular flexibility index (Phi) is 29.7. The number of phosphoric acid groups is 1. The first-order valence-corrected chi connectivity index (χ1v) is 19.3. The number of nitrogens with zero attached hydrogens (tertiary/aromatic N) is 1. The Morgan fingerprint density at radius 3 is 1.26 bits per heavy atom. The van der Waals surface area contributed by atoms with Gasteiger partial charge in [0.2, 0.25) is 0 Å². The van der Waals surface area contributed by atoms with Crippen LogP contribution in [0.2, 0.25) is 0 Å². The van der Waals surface area contributed by atoms with E-state index in [4.69, 9.17) is 13.8 Å². The third kappa shape index (κ3) is 34.5. The lowest BCUT2D eigenvalue weighted by atomic mass is 10.0. The molecule has 0 saturated carbocycles. The molecule has 0 aromatic carbocycles. The molecule has 0 aliphatic carbocycles. The van der Waals surface area contributed by atoms with E-state index in [0.29, 0.717) is 17.6 Å². The number of aliphatic hydroxyl groups is 1. The number of ether oxygens (including phenoxy) is 1. The van der Waals surface area contributed by atoms with E-state index >= 15 is 0 Å². The van der Waals surface area contributed by atoms with Crippen molar-refractivity contribution in [2.24, 2.45) is 0 Å². The summed E-state index contributed by atoms with van der Waals surface area (Å²) >= 11 is 0. The van der Waals surface area contributed by atoms with Crippen molar-refractivity contribution in [1.29, 1.82) is 0 Å². The highest BCUT2D eigenvalue weighted by molar-refractivity contribution is 7.47. The SMILES string of the molecule is CCCCCCCCCCCCCCCCCCCCCCCCCCOC[C@@H](O)COP(=O)(O)OCC[N+](C)(C)C. The summed E-state index contributed by atoms with van der Waals surface area (Å²) in [7, 11) is 1.76. The minimum absolute atomic E-state index is 0.0955. The molecule has 0 heterocycles. The van der Waals surface area contributed by atoms with Crippen LogP contribution in [0.25, 0.3) is 0 Å². The van der Waals surface area contributed by atoms with E-state index in [2.05, 4.69) is 6.92 Å². The van der Waals surface area contributed by atoms with Crippen LogP contribution in [-0.4, -0.2) is 74.7 Å². The lowest BCUT2D eigenvalue weighted by Crippen LogP contribution is -2.37. The maximum Gasteiger partial charge on any atom is 0.472 e. The predicted molar refractivity (Wildman–Crippen MR) is 178 cm³/mol. The summed E-state index contributed by atoms with van der Waals surface area (Å²) in [4.78, 5) is 9.68. The van der Waals surface area contributed by atoms with Crippen LogP contribution in [0, 0.1) is 0 Å². The number of rotatable bonds is 34. The van der Waals surface area contributed by atoms with E-state index < -0.39 is 13.9 Å². The van der Waals surface area contributed by atoms with Gasteiger partial charge in [0.15, 0.2) is 0 Å². The Balaban J connectivity index is 3.27. The highest BCUT2D eigenvalue weighted by Crippen LogP contribution is 2.43. The van der Waals surface area contributed by atoms with Crippen molar-refractivity contribution in [3.63, 3.8) is 0 Å². The largest absolute Gasteiger partial charge is 0.472 e. The van der Waals surface area contributed by atoms with E-state index in [1.807, 2.05) is 21.1 Å². The summed E-state index contributed by atoms with van der Waals surface area (Å²) in [5.41, 5.74) is 0. The molecule has 7 nitrogen and oxygen atoms in total. The van der Waals surface area contributed by atoms with Crippen molar-refractivity contribution in [1.82, 2.24) is 0 Å². The Morgan fingerprint density at radius 1 is 0.548 bits per heavy atom. The number of hydrogen-bond donors (Lipinski definition) is 2. The van der Waals surface area contributed by atoms with Gasteiger partial charge in [-0.1, -0.05) is 155 Å². The van der Waals surface area contributed by atoms with Crippen molar-refractivity contribution < 1.29 is 32.8 Å². The fourth-order valence-electron chi connectivity index (χ4n) is 5.08. The monoisotopic (exact) mass is 623 g/mol. The maximum atomic E-state index is 11.9. The van der Waals surface area contributed by atoms with Crippen LogP contribution in [0.5, 0.6) is 0 Å². The fraction of sp³-hybridized carbons (Fsp3) is 1.00. The number of phosphoric ester groups is 1. The molecule has 0 aromatic heterocycles. The third-order valence-electron chi connectivity index (χ3n) is 7.90. The van der Waals surface area contributed by atoms with E-state index in [1.54, 1.807) is 0 Å². The predicted octanol–water partition coefficient (Wildman–Crippen LogP) is 9.59. The summed E-state index contributed by atoms with van der Waals surface area (Å²) in [6.07, 6.45) is 32.1. The molecule has 2 atom stereocenters. The molecular weight excluding hydrogens is 549 g/mol. The number of aliphatic hydroxyl groups excluding tert-OH is 1. The van der Waals surface area contributed by atoms with Crippen LogP contribution in [0.4, 0.5) is 0 Å². The van der Waals surface area contributed by atoms with Crippen LogP contribution in [-0.2, 0) is 18.3 Å². The van der Waals surface area contributed by atoms with Gasteiger partial charge < -0.3 is 19.2 Å². The van der Waals surface area contributed by atoms with Gasteiger partial charge >= 0.3 is 7.82 Å². The molecule has 0 aromatic rings. The smallest absolute Gasteiger partial charge is 0.388 e.